The van der Waals surface area contributed by atoms with E-state index in [-0.39, 0.29) is 12.3 Å². The first-order valence-electron chi connectivity index (χ1n) is 13.0. The van der Waals surface area contributed by atoms with Crippen molar-refractivity contribution in [3.8, 4) is 5.95 Å². The summed E-state index contributed by atoms with van der Waals surface area (Å²) in [6, 6.07) is 18.2. The van der Waals surface area contributed by atoms with E-state index in [1.165, 1.54) is 0 Å². The normalized spacial score (nSPS) is 18.1. The van der Waals surface area contributed by atoms with E-state index in [0.717, 1.165) is 58.5 Å². The van der Waals surface area contributed by atoms with Crippen LogP contribution in [-0.4, -0.2) is 54.6 Å². The van der Waals surface area contributed by atoms with Gasteiger partial charge >= 0.3 is 0 Å². The molecule has 2 atom stereocenters. The fourth-order valence-corrected chi connectivity index (χ4v) is 5.62. The van der Waals surface area contributed by atoms with E-state index in [0.29, 0.717) is 12.4 Å². The van der Waals surface area contributed by atoms with Crippen LogP contribution in [0.5, 0.6) is 0 Å². The van der Waals surface area contributed by atoms with Gasteiger partial charge in [0, 0.05) is 12.1 Å². The lowest BCUT2D eigenvalue weighted by atomic mass is 10.1. The van der Waals surface area contributed by atoms with Gasteiger partial charge in [-0.05, 0) is 63.4 Å². The van der Waals surface area contributed by atoms with Crippen LogP contribution in [0.25, 0.3) is 28.0 Å². The highest BCUT2D eigenvalue weighted by Crippen LogP contribution is 2.38. The molecule has 1 aliphatic rings. The van der Waals surface area contributed by atoms with Crippen LogP contribution < -0.4 is 5.01 Å². The minimum Gasteiger partial charge on any atom is -0.260 e. The first kappa shape index (κ1) is 22.6. The zero-order valence-electron chi connectivity index (χ0n) is 21.5. The Morgan fingerprint density at radius 2 is 1.39 bits per heavy atom. The molecule has 12 nitrogen and oxygen atoms in total. The zero-order chi connectivity index (χ0) is 25.8. The Morgan fingerprint density at radius 3 is 1.95 bits per heavy atom. The van der Waals surface area contributed by atoms with Gasteiger partial charge in [-0.15, -0.1) is 20.4 Å². The Hall–Kier alpha value is -4.61. The summed E-state index contributed by atoms with van der Waals surface area (Å²) in [5, 5.41) is 34.6. The number of rotatable bonds is 5. The molecule has 38 heavy (non-hydrogen) atoms. The molecule has 192 valence electrons. The van der Waals surface area contributed by atoms with Crippen molar-refractivity contribution < 1.29 is 0 Å². The summed E-state index contributed by atoms with van der Waals surface area (Å²) >= 11 is 0. The molecule has 12 heteroatoms. The summed E-state index contributed by atoms with van der Waals surface area (Å²) in [5.41, 5.74) is 5.58. The highest BCUT2D eigenvalue weighted by atomic mass is 15.7. The van der Waals surface area contributed by atoms with Gasteiger partial charge in [0.25, 0.3) is 5.95 Å². The molecular formula is C26H28N12. The topological polar surface area (TPSA) is 113 Å². The predicted octanol–water partition coefficient (Wildman–Crippen LogP) is 3.65. The van der Waals surface area contributed by atoms with Crippen molar-refractivity contribution in [3.63, 3.8) is 0 Å². The van der Waals surface area contributed by atoms with Gasteiger partial charge in [-0.1, -0.05) is 41.6 Å². The van der Waals surface area contributed by atoms with E-state index in [4.69, 9.17) is 5.10 Å². The van der Waals surface area contributed by atoms with Crippen molar-refractivity contribution in [2.45, 2.75) is 58.8 Å². The van der Waals surface area contributed by atoms with Crippen molar-refractivity contribution >= 4 is 22.1 Å². The van der Waals surface area contributed by atoms with E-state index >= 15 is 0 Å². The number of piperidine rings is 1. The maximum atomic E-state index is 4.76. The van der Waals surface area contributed by atoms with Crippen LogP contribution in [0.15, 0.2) is 54.6 Å². The number of aromatic nitrogens is 11. The smallest absolute Gasteiger partial charge is 0.260 e. The third kappa shape index (κ3) is 3.40. The molecule has 0 N–H and O–H groups in total. The van der Waals surface area contributed by atoms with Crippen LogP contribution in [-0.2, 0) is 6.42 Å². The third-order valence-corrected chi connectivity index (χ3v) is 7.29. The molecule has 0 bridgehead atoms. The minimum absolute atomic E-state index is 0.166. The molecule has 4 aromatic heterocycles. The molecule has 0 saturated carbocycles. The quantitative estimate of drug-likeness (QED) is 0.347. The van der Waals surface area contributed by atoms with Crippen molar-refractivity contribution in [3.05, 3.63) is 71.8 Å². The van der Waals surface area contributed by atoms with Gasteiger partial charge in [-0.25, -0.2) is 18.7 Å². The molecule has 2 aromatic carbocycles. The van der Waals surface area contributed by atoms with E-state index < -0.39 is 0 Å². The second-order valence-corrected chi connectivity index (χ2v) is 9.74. The number of fused-ring (bicyclic) bond motifs is 2. The van der Waals surface area contributed by atoms with Crippen LogP contribution in [0, 0.1) is 13.8 Å². The predicted molar refractivity (Wildman–Crippen MR) is 141 cm³/mol. The lowest BCUT2D eigenvalue weighted by Gasteiger charge is -2.44. The van der Waals surface area contributed by atoms with Crippen LogP contribution >= 0.6 is 0 Å². The van der Waals surface area contributed by atoms with Crippen LogP contribution in [0.4, 0.5) is 0 Å². The Morgan fingerprint density at radius 1 is 0.789 bits per heavy atom. The van der Waals surface area contributed by atoms with E-state index in [2.05, 4.69) is 59.6 Å². The van der Waals surface area contributed by atoms with E-state index in [9.17, 15) is 0 Å². The number of para-hydroxylation sites is 2. The monoisotopic (exact) mass is 508 g/mol. The highest BCUT2D eigenvalue weighted by molar-refractivity contribution is 5.75. The SMILES string of the molecule is CCc1nnc(-n2nc(C)cc2C)n1N1[C@H](n2nnc3ccccc32)CCC[C@@H]1n1nnc2ccccc21. The number of aryl methyl sites for hydroxylation is 3. The van der Waals surface area contributed by atoms with Gasteiger partial charge in [0.2, 0.25) is 0 Å². The maximum absolute atomic E-state index is 4.76. The molecule has 7 rings (SSSR count). The number of hydrogen-bond donors (Lipinski definition) is 0. The lowest BCUT2D eigenvalue weighted by Crippen LogP contribution is -2.50. The highest BCUT2D eigenvalue weighted by Gasteiger charge is 2.39. The fraction of sp³-hybridized carbons (Fsp3) is 0.346. The van der Waals surface area contributed by atoms with Gasteiger partial charge in [0.1, 0.15) is 23.4 Å². The summed E-state index contributed by atoms with van der Waals surface area (Å²) in [4.78, 5) is 0. The van der Waals surface area contributed by atoms with Crippen molar-refractivity contribution in [2.75, 3.05) is 5.01 Å². The zero-order valence-corrected chi connectivity index (χ0v) is 21.5. The second-order valence-electron chi connectivity index (χ2n) is 9.74. The molecule has 0 radical (unpaired) electrons. The van der Waals surface area contributed by atoms with Crippen molar-refractivity contribution in [1.29, 1.82) is 0 Å². The molecule has 0 unspecified atom stereocenters. The summed E-state index contributed by atoms with van der Waals surface area (Å²) in [7, 11) is 0. The molecule has 1 fully saturated rings. The average Bonchev–Trinajstić information content (AvgIpc) is 3.72. The Bertz CT molecular complexity index is 1670. The fourth-order valence-electron chi connectivity index (χ4n) is 5.62. The average molecular weight is 509 g/mol. The largest absolute Gasteiger partial charge is 0.271 e. The summed E-state index contributed by atoms with van der Waals surface area (Å²) in [6.07, 6.45) is 3.08. The molecule has 1 saturated heterocycles. The molecule has 5 heterocycles. The first-order chi connectivity index (χ1) is 18.6. The number of nitrogens with zero attached hydrogens (tertiary/aromatic N) is 12. The first-order valence-corrected chi connectivity index (χ1v) is 13.0. The van der Waals surface area contributed by atoms with Gasteiger partial charge < -0.3 is 0 Å². The Labute approximate surface area is 218 Å². The Kier molecular flexibility index (Phi) is 5.20. The molecular weight excluding hydrogens is 480 g/mol. The number of hydrogen-bond acceptors (Lipinski definition) is 8. The van der Waals surface area contributed by atoms with E-state index in [1.807, 2.05) is 70.4 Å². The van der Waals surface area contributed by atoms with Crippen LogP contribution in [0.2, 0.25) is 0 Å². The molecule has 1 aliphatic heterocycles. The molecule has 0 spiro atoms. The van der Waals surface area contributed by atoms with Gasteiger partial charge in [-0.2, -0.15) is 5.10 Å². The summed E-state index contributed by atoms with van der Waals surface area (Å²) < 4.78 is 8.01. The molecule has 6 aromatic rings. The summed E-state index contributed by atoms with van der Waals surface area (Å²) in [5.74, 6) is 1.47. The van der Waals surface area contributed by atoms with Crippen molar-refractivity contribution in [2.24, 2.45) is 0 Å². The second kappa shape index (κ2) is 8.75. The standard InChI is InChI=1S/C26H28N12/c1-4-23-29-30-26(34-18(3)16-17(2)31-34)37(23)38-24(35-21-12-7-5-10-19(21)27-32-35)14-9-15-25(38)36-22-13-8-6-11-20(22)28-33-36/h5-8,10-13,16,24-25H,4,9,14-15H2,1-3H3/t24-,25+. The van der Waals surface area contributed by atoms with Gasteiger partial charge in [0.05, 0.1) is 16.7 Å². The van der Waals surface area contributed by atoms with Crippen molar-refractivity contribution in [1.82, 2.24) is 54.6 Å². The van der Waals surface area contributed by atoms with Crippen LogP contribution in [0.3, 0.4) is 0 Å². The van der Waals surface area contributed by atoms with Gasteiger partial charge in [-0.3, -0.25) is 5.01 Å². The third-order valence-electron chi connectivity index (χ3n) is 7.29. The van der Waals surface area contributed by atoms with Gasteiger partial charge in [0.15, 0.2) is 5.82 Å². The Balaban J connectivity index is 1.48. The van der Waals surface area contributed by atoms with E-state index in [1.54, 1.807) is 0 Å². The molecule has 0 aliphatic carbocycles. The maximum Gasteiger partial charge on any atom is 0.271 e. The van der Waals surface area contributed by atoms with Crippen LogP contribution in [0.1, 0.15) is 55.7 Å². The number of benzene rings is 2. The lowest BCUT2D eigenvalue weighted by molar-refractivity contribution is 0.189. The molecule has 0 amide bonds. The summed E-state index contributed by atoms with van der Waals surface area (Å²) in [6.45, 7) is 6.11. The minimum atomic E-state index is -0.166.